The lowest BCUT2D eigenvalue weighted by Gasteiger charge is -2.37. The largest absolute Gasteiger partial charge is 0.493 e. The molecule has 0 aliphatic carbocycles. The highest BCUT2D eigenvalue weighted by Crippen LogP contribution is 2.35. The van der Waals surface area contributed by atoms with Crippen LogP contribution in [0.1, 0.15) is 50.1 Å². The number of amides is 2. The first-order chi connectivity index (χ1) is 15.4. The second-order valence-corrected chi connectivity index (χ2v) is 9.47. The summed E-state index contributed by atoms with van der Waals surface area (Å²) in [6.45, 7) is 7.79. The molecule has 0 N–H and O–H groups in total. The number of carbonyl (C=O) groups excluding carboxylic acids is 2. The van der Waals surface area contributed by atoms with Crippen LogP contribution in [-0.2, 0) is 16.0 Å². The van der Waals surface area contributed by atoms with Crippen LogP contribution in [0.3, 0.4) is 0 Å². The minimum atomic E-state index is -0.189. The molecule has 7 heteroatoms. The molecule has 6 nitrogen and oxygen atoms in total. The van der Waals surface area contributed by atoms with Crippen molar-refractivity contribution >= 4 is 23.2 Å². The normalized spacial score (nSPS) is 15.4. The number of hydrogen-bond acceptors (Lipinski definition) is 5. The molecule has 0 bridgehead atoms. The van der Waals surface area contributed by atoms with Gasteiger partial charge in [0, 0.05) is 24.4 Å². The summed E-state index contributed by atoms with van der Waals surface area (Å²) < 4.78 is 11.5. The molecule has 2 amide bonds. The lowest BCUT2D eigenvalue weighted by atomic mass is 10.00. The van der Waals surface area contributed by atoms with Gasteiger partial charge in [-0.25, -0.2) is 0 Å². The van der Waals surface area contributed by atoms with Crippen LogP contribution in [0.25, 0.3) is 0 Å². The molecular weight excluding hydrogens is 424 g/mol. The van der Waals surface area contributed by atoms with Gasteiger partial charge in [-0.2, -0.15) is 0 Å². The van der Waals surface area contributed by atoms with E-state index in [0.717, 1.165) is 18.4 Å². The van der Waals surface area contributed by atoms with Crippen molar-refractivity contribution in [2.75, 3.05) is 33.4 Å². The SMILES string of the molecule is CCC(=O)N(CCC(C)C)CC(=O)N1CCc2sccc2[C@@H]1COc1ccccc1OC. The summed E-state index contributed by atoms with van der Waals surface area (Å²) in [4.78, 5) is 30.8. The van der Waals surface area contributed by atoms with E-state index in [1.165, 1.54) is 4.88 Å². The van der Waals surface area contributed by atoms with Crippen molar-refractivity contribution in [3.63, 3.8) is 0 Å². The van der Waals surface area contributed by atoms with Crippen molar-refractivity contribution in [1.29, 1.82) is 0 Å². The van der Waals surface area contributed by atoms with Crippen molar-refractivity contribution in [2.24, 2.45) is 5.92 Å². The van der Waals surface area contributed by atoms with E-state index >= 15 is 0 Å². The molecule has 0 radical (unpaired) electrons. The predicted molar refractivity (Wildman–Crippen MR) is 127 cm³/mol. The smallest absolute Gasteiger partial charge is 0.242 e. The van der Waals surface area contributed by atoms with Gasteiger partial charge in [0.05, 0.1) is 19.7 Å². The highest BCUT2D eigenvalue weighted by Gasteiger charge is 2.33. The Morgan fingerprint density at radius 2 is 1.97 bits per heavy atom. The molecule has 1 aromatic heterocycles. The molecule has 0 unspecified atom stereocenters. The molecule has 32 heavy (non-hydrogen) atoms. The maximum Gasteiger partial charge on any atom is 0.242 e. The number of thiophene rings is 1. The van der Waals surface area contributed by atoms with Crippen LogP contribution >= 0.6 is 11.3 Å². The minimum absolute atomic E-state index is 0.0223. The predicted octanol–water partition coefficient (Wildman–Crippen LogP) is 4.55. The average molecular weight is 459 g/mol. The number of rotatable bonds is 10. The quantitative estimate of drug-likeness (QED) is 0.524. The second-order valence-electron chi connectivity index (χ2n) is 8.47. The van der Waals surface area contributed by atoms with Gasteiger partial charge in [0.2, 0.25) is 11.8 Å². The van der Waals surface area contributed by atoms with Crippen LogP contribution in [0.2, 0.25) is 0 Å². The summed E-state index contributed by atoms with van der Waals surface area (Å²) in [7, 11) is 1.62. The van der Waals surface area contributed by atoms with E-state index < -0.39 is 0 Å². The van der Waals surface area contributed by atoms with E-state index in [9.17, 15) is 9.59 Å². The van der Waals surface area contributed by atoms with E-state index in [2.05, 4.69) is 25.3 Å². The molecule has 3 rings (SSSR count). The van der Waals surface area contributed by atoms with Crippen LogP contribution in [0, 0.1) is 5.92 Å². The Labute approximate surface area is 195 Å². The van der Waals surface area contributed by atoms with Gasteiger partial charge in [0.1, 0.15) is 6.61 Å². The van der Waals surface area contributed by atoms with E-state index in [1.54, 1.807) is 23.3 Å². The first-order valence-corrected chi connectivity index (χ1v) is 12.2. The number of para-hydroxylation sites is 2. The molecule has 0 saturated carbocycles. The van der Waals surface area contributed by atoms with Crippen molar-refractivity contribution in [3.8, 4) is 11.5 Å². The zero-order valence-electron chi connectivity index (χ0n) is 19.5. The molecule has 1 atom stereocenters. The Morgan fingerprint density at radius 3 is 2.66 bits per heavy atom. The molecule has 2 aromatic rings. The summed E-state index contributed by atoms with van der Waals surface area (Å²) in [5.74, 6) is 1.79. The molecule has 0 spiro atoms. The van der Waals surface area contributed by atoms with Gasteiger partial charge in [-0.15, -0.1) is 11.3 Å². The molecule has 1 aromatic carbocycles. The number of benzene rings is 1. The molecular formula is C25H34N2O4S. The fraction of sp³-hybridized carbons (Fsp3) is 0.520. The van der Waals surface area contributed by atoms with Crippen molar-refractivity contribution in [3.05, 3.63) is 46.2 Å². The van der Waals surface area contributed by atoms with Crippen molar-refractivity contribution in [1.82, 2.24) is 9.80 Å². The third kappa shape index (κ3) is 5.82. The zero-order valence-corrected chi connectivity index (χ0v) is 20.3. The second kappa shape index (κ2) is 11.4. The van der Waals surface area contributed by atoms with Gasteiger partial charge >= 0.3 is 0 Å². The summed E-state index contributed by atoms with van der Waals surface area (Å²) >= 11 is 1.72. The monoisotopic (exact) mass is 458 g/mol. The Morgan fingerprint density at radius 1 is 1.22 bits per heavy atom. The maximum absolute atomic E-state index is 13.4. The van der Waals surface area contributed by atoms with E-state index in [4.69, 9.17) is 9.47 Å². The molecule has 174 valence electrons. The standard InChI is InChI=1S/C25H34N2O4S/c1-5-24(28)26(13-10-18(2)3)16-25(29)27-14-11-23-19(12-15-32-23)20(27)17-31-22-9-7-6-8-21(22)30-4/h6-9,12,15,18,20H,5,10-11,13-14,16-17H2,1-4H3/t20-/m0/s1. The van der Waals surface area contributed by atoms with Gasteiger partial charge < -0.3 is 19.3 Å². The van der Waals surface area contributed by atoms with E-state index in [-0.39, 0.29) is 24.4 Å². The molecule has 1 aliphatic rings. The molecule has 1 aliphatic heterocycles. The lowest BCUT2D eigenvalue weighted by molar-refractivity contribution is -0.142. The van der Waals surface area contributed by atoms with Gasteiger partial charge in [-0.05, 0) is 47.9 Å². The van der Waals surface area contributed by atoms with Gasteiger partial charge in [-0.1, -0.05) is 32.9 Å². The molecule has 0 saturated heterocycles. The van der Waals surface area contributed by atoms with Crippen molar-refractivity contribution in [2.45, 2.75) is 46.1 Å². The van der Waals surface area contributed by atoms with Gasteiger partial charge in [0.15, 0.2) is 11.5 Å². The number of fused-ring (bicyclic) bond motifs is 1. The highest BCUT2D eigenvalue weighted by atomic mass is 32.1. The fourth-order valence-electron chi connectivity index (χ4n) is 3.97. The van der Waals surface area contributed by atoms with Gasteiger partial charge in [0.25, 0.3) is 0 Å². The number of carbonyl (C=O) groups is 2. The summed E-state index contributed by atoms with van der Waals surface area (Å²) in [6, 6.07) is 9.43. The van der Waals surface area contributed by atoms with E-state index in [0.29, 0.717) is 43.5 Å². The van der Waals surface area contributed by atoms with Crippen LogP contribution in [-0.4, -0.2) is 55.0 Å². The third-order valence-electron chi connectivity index (χ3n) is 5.84. The van der Waals surface area contributed by atoms with Crippen LogP contribution in [0.15, 0.2) is 35.7 Å². The Kier molecular flexibility index (Phi) is 8.56. The third-order valence-corrected chi connectivity index (χ3v) is 6.84. The summed E-state index contributed by atoms with van der Waals surface area (Å²) in [5, 5.41) is 2.07. The summed E-state index contributed by atoms with van der Waals surface area (Å²) in [5.41, 5.74) is 1.14. The summed E-state index contributed by atoms with van der Waals surface area (Å²) in [6.07, 6.45) is 2.12. The number of hydrogen-bond donors (Lipinski definition) is 0. The topological polar surface area (TPSA) is 59.1 Å². The fourth-order valence-corrected chi connectivity index (χ4v) is 4.89. The minimum Gasteiger partial charge on any atom is -0.493 e. The van der Waals surface area contributed by atoms with Crippen molar-refractivity contribution < 1.29 is 19.1 Å². The Bertz CT molecular complexity index is 911. The highest BCUT2D eigenvalue weighted by molar-refractivity contribution is 7.10. The van der Waals surface area contributed by atoms with E-state index in [1.807, 2.05) is 36.1 Å². The Hall–Kier alpha value is -2.54. The first kappa shape index (κ1) is 24.1. The molecule has 0 fully saturated rings. The number of ether oxygens (including phenoxy) is 2. The van der Waals surface area contributed by atoms with Crippen LogP contribution in [0.4, 0.5) is 0 Å². The maximum atomic E-state index is 13.4. The average Bonchev–Trinajstić information content (AvgIpc) is 3.28. The first-order valence-electron chi connectivity index (χ1n) is 11.3. The molecule has 2 heterocycles. The zero-order chi connectivity index (χ0) is 23.1. The van der Waals surface area contributed by atoms with Gasteiger partial charge in [-0.3, -0.25) is 9.59 Å². The number of nitrogens with zero attached hydrogens (tertiary/aromatic N) is 2. The van der Waals surface area contributed by atoms with Crippen LogP contribution < -0.4 is 9.47 Å². The number of methoxy groups -OCH3 is 1. The van der Waals surface area contributed by atoms with Crippen LogP contribution in [0.5, 0.6) is 11.5 Å². The lowest BCUT2D eigenvalue weighted by Crippen LogP contribution is -2.48. The Balaban J connectivity index is 1.77.